The van der Waals surface area contributed by atoms with Gasteiger partial charge < -0.3 is 9.80 Å². The molecular weight excluding hydrogens is 657 g/mol. The molecule has 0 aliphatic heterocycles. The van der Waals surface area contributed by atoms with Crippen molar-refractivity contribution in [3.05, 3.63) is 161 Å². The van der Waals surface area contributed by atoms with Crippen LogP contribution in [-0.2, 0) is 10.8 Å². The van der Waals surface area contributed by atoms with Crippen molar-refractivity contribution in [3.63, 3.8) is 0 Å². The van der Waals surface area contributed by atoms with Crippen molar-refractivity contribution in [2.45, 2.75) is 65.2 Å². The van der Waals surface area contributed by atoms with Gasteiger partial charge in [0.25, 0.3) is 0 Å². The predicted octanol–water partition coefficient (Wildman–Crippen LogP) is 13.8. The summed E-state index contributed by atoms with van der Waals surface area (Å²) < 4.78 is 0. The van der Waals surface area contributed by atoms with E-state index in [1.165, 1.54) is 49.1 Å². The molecule has 0 bridgehead atoms. The van der Waals surface area contributed by atoms with E-state index in [4.69, 9.17) is 0 Å². The van der Waals surface area contributed by atoms with Gasteiger partial charge in [-0.25, -0.2) is 0 Å². The van der Waals surface area contributed by atoms with Crippen LogP contribution in [0.3, 0.4) is 0 Å². The molecule has 7 aromatic rings. The summed E-state index contributed by atoms with van der Waals surface area (Å²) in [5.74, 6) is 0. The Kier molecular flexibility index (Phi) is 8.51. The van der Waals surface area contributed by atoms with Crippen molar-refractivity contribution in [1.82, 2.24) is 0 Å². The Labute approximate surface area is 318 Å². The Morgan fingerprint density at radius 2 is 0.944 bits per heavy atom. The first-order valence-electron chi connectivity index (χ1n) is 18.8. The fraction of sp³-hybridized carbons (Fsp3) is 0.200. The zero-order valence-electron chi connectivity index (χ0n) is 31.9. The Morgan fingerprint density at radius 1 is 0.481 bits per heavy atom. The van der Waals surface area contributed by atoms with E-state index in [9.17, 15) is 10.5 Å². The zero-order chi connectivity index (χ0) is 37.8. The van der Waals surface area contributed by atoms with E-state index in [1.807, 2.05) is 18.2 Å². The molecule has 0 aromatic heterocycles. The molecule has 0 heterocycles. The highest BCUT2D eigenvalue weighted by molar-refractivity contribution is 6.29. The maximum Gasteiger partial charge on any atom is 0.0991 e. The molecule has 0 fully saturated rings. The average Bonchev–Trinajstić information content (AvgIpc) is 3.18. The molecular formula is C50H44N4. The van der Waals surface area contributed by atoms with E-state index in [1.54, 1.807) is 0 Å². The highest BCUT2D eigenvalue weighted by Crippen LogP contribution is 2.51. The van der Waals surface area contributed by atoms with Crippen molar-refractivity contribution in [1.29, 1.82) is 10.5 Å². The molecule has 0 radical (unpaired) electrons. The first-order chi connectivity index (χ1) is 26.0. The van der Waals surface area contributed by atoms with Crippen LogP contribution < -0.4 is 9.80 Å². The molecule has 7 aromatic carbocycles. The molecule has 0 N–H and O–H groups in total. The van der Waals surface area contributed by atoms with Gasteiger partial charge in [0, 0.05) is 39.1 Å². The third-order valence-corrected chi connectivity index (χ3v) is 10.8. The van der Waals surface area contributed by atoms with Crippen LogP contribution in [0.4, 0.5) is 28.4 Å². The summed E-state index contributed by atoms with van der Waals surface area (Å²) in [6, 6.07) is 47.9. The normalized spacial score (nSPS) is 13.4. The van der Waals surface area contributed by atoms with E-state index >= 15 is 0 Å². The third kappa shape index (κ3) is 5.95. The van der Waals surface area contributed by atoms with Crippen LogP contribution in [0, 0.1) is 22.7 Å². The lowest BCUT2D eigenvalue weighted by atomic mass is 9.77. The van der Waals surface area contributed by atoms with Crippen LogP contribution in [-0.4, -0.2) is 0 Å². The number of benzene rings is 7. The van der Waals surface area contributed by atoms with Crippen LogP contribution in [0.5, 0.6) is 0 Å². The zero-order valence-corrected chi connectivity index (χ0v) is 31.9. The summed E-state index contributed by atoms with van der Waals surface area (Å²) in [6.45, 7) is 13.8. The number of anilines is 5. The molecule has 54 heavy (non-hydrogen) atoms. The Balaban J connectivity index is 1.53. The molecule has 0 saturated heterocycles. The fourth-order valence-corrected chi connectivity index (χ4v) is 8.20. The van der Waals surface area contributed by atoms with Gasteiger partial charge in [-0.1, -0.05) is 102 Å². The maximum atomic E-state index is 9.71. The minimum Gasteiger partial charge on any atom is -0.314 e. The molecule has 0 unspecified atom stereocenters. The number of hydrogen-bond donors (Lipinski definition) is 0. The van der Waals surface area contributed by atoms with Crippen LogP contribution in [0.2, 0.25) is 0 Å². The van der Waals surface area contributed by atoms with E-state index < -0.39 is 0 Å². The van der Waals surface area contributed by atoms with Gasteiger partial charge in [0.15, 0.2) is 0 Å². The van der Waals surface area contributed by atoms with E-state index in [-0.39, 0.29) is 10.8 Å². The van der Waals surface area contributed by atoms with Gasteiger partial charge in [0.1, 0.15) is 0 Å². The molecule has 264 valence electrons. The van der Waals surface area contributed by atoms with Crippen LogP contribution in [0.1, 0.15) is 71.1 Å². The monoisotopic (exact) mass is 700 g/mol. The minimum absolute atomic E-state index is 0.150. The van der Waals surface area contributed by atoms with Gasteiger partial charge in [0.2, 0.25) is 0 Å². The lowest BCUT2D eigenvalue weighted by molar-refractivity contribution is 0.595. The number of nitrogens with zero attached hydrogens (tertiary/aromatic N) is 4. The lowest BCUT2D eigenvalue weighted by Crippen LogP contribution is -2.20. The van der Waals surface area contributed by atoms with Gasteiger partial charge in [-0.3, -0.25) is 0 Å². The highest BCUT2D eigenvalue weighted by atomic mass is 15.2. The second kappa shape index (κ2) is 13.2. The number of hydrogen-bond acceptors (Lipinski definition) is 4. The minimum atomic E-state index is -0.159. The van der Waals surface area contributed by atoms with Crippen molar-refractivity contribution in [2.75, 3.05) is 9.80 Å². The molecule has 1 aliphatic rings. The number of rotatable bonds is 6. The van der Waals surface area contributed by atoms with Crippen molar-refractivity contribution in [3.8, 4) is 12.1 Å². The van der Waals surface area contributed by atoms with E-state index in [2.05, 4.69) is 179 Å². The molecule has 0 spiro atoms. The maximum absolute atomic E-state index is 9.71. The summed E-state index contributed by atoms with van der Waals surface area (Å²) in [6.07, 6.45) is 5.61. The standard InChI is InChI=1S/C50H44N4/c1-49(2,3)43-29-45(53(35-13-9-7-10-14-35)37-21-17-33(31-51)18-22-37)41-28-26-40-44(50(4,5)6)30-46(42-27-25-39(43)47(41)48(40)42)54(36-15-11-8-12-16-36)38-23-19-34(32-52)20-24-38/h7-19,21-23,25-30H,20,24H2,1-6H3. The number of allylic oxidation sites excluding steroid dienone is 4. The first kappa shape index (κ1) is 34.7. The van der Waals surface area contributed by atoms with Crippen LogP contribution in [0.25, 0.3) is 32.3 Å². The number of para-hydroxylation sites is 2. The van der Waals surface area contributed by atoms with Gasteiger partial charge >= 0.3 is 0 Å². The average molecular weight is 701 g/mol. The molecule has 4 heteroatoms. The summed E-state index contributed by atoms with van der Waals surface area (Å²) in [5, 5.41) is 26.8. The lowest BCUT2D eigenvalue weighted by Gasteiger charge is -2.34. The third-order valence-electron chi connectivity index (χ3n) is 10.8. The van der Waals surface area contributed by atoms with E-state index in [0.29, 0.717) is 12.0 Å². The molecule has 0 atom stereocenters. The van der Waals surface area contributed by atoms with Crippen molar-refractivity contribution >= 4 is 60.8 Å². The van der Waals surface area contributed by atoms with Crippen LogP contribution >= 0.6 is 0 Å². The molecule has 0 amide bonds. The molecule has 0 saturated carbocycles. The first-order valence-corrected chi connectivity index (χ1v) is 18.8. The van der Waals surface area contributed by atoms with Crippen molar-refractivity contribution in [2.24, 2.45) is 0 Å². The Hall–Kier alpha value is -6.36. The SMILES string of the molecule is CC(C)(C)c1cc(N(C2=CC=C(C#N)CC2)c2ccccc2)c2ccc3c(C(C)(C)C)cc(N(c4ccccc4)c4ccc(C#N)cc4)c4ccc1c2c43. The quantitative estimate of drug-likeness (QED) is 0.162. The largest absolute Gasteiger partial charge is 0.314 e. The summed E-state index contributed by atoms with van der Waals surface area (Å²) >= 11 is 0. The summed E-state index contributed by atoms with van der Waals surface area (Å²) in [7, 11) is 0. The predicted molar refractivity (Wildman–Crippen MR) is 227 cm³/mol. The molecule has 1 aliphatic carbocycles. The summed E-state index contributed by atoms with van der Waals surface area (Å²) in [5.41, 5.74) is 10.3. The molecule has 8 rings (SSSR count). The van der Waals surface area contributed by atoms with Crippen molar-refractivity contribution < 1.29 is 0 Å². The van der Waals surface area contributed by atoms with Gasteiger partial charge in [-0.15, -0.1) is 0 Å². The molecule has 4 nitrogen and oxygen atoms in total. The van der Waals surface area contributed by atoms with Gasteiger partial charge in [0.05, 0.1) is 29.1 Å². The summed E-state index contributed by atoms with van der Waals surface area (Å²) in [4.78, 5) is 4.76. The fourth-order valence-electron chi connectivity index (χ4n) is 8.20. The Bertz CT molecular complexity index is 2670. The van der Waals surface area contributed by atoms with Gasteiger partial charge in [-0.2, -0.15) is 10.5 Å². The second-order valence-electron chi connectivity index (χ2n) is 16.4. The number of nitriles is 2. The van der Waals surface area contributed by atoms with E-state index in [0.717, 1.165) is 40.4 Å². The highest BCUT2D eigenvalue weighted by Gasteiger charge is 2.30. The van der Waals surface area contributed by atoms with Crippen LogP contribution in [0.15, 0.2) is 145 Å². The Morgan fingerprint density at radius 3 is 1.39 bits per heavy atom. The topological polar surface area (TPSA) is 54.1 Å². The second-order valence-corrected chi connectivity index (χ2v) is 16.4. The van der Waals surface area contributed by atoms with Gasteiger partial charge in [-0.05, 0) is 129 Å². The smallest absolute Gasteiger partial charge is 0.0991 e.